The molecule has 3 rings (SSSR count). The number of rotatable bonds is 0. The molecule has 0 fully saturated rings. The van der Waals surface area contributed by atoms with E-state index in [1.807, 2.05) is 6.07 Å². The Hall–Kier alpha value is -1.71. The molecule has 1 aromatic rings. The lowest BCUT2D eigenvalue weighted by molar-refractivity contribution is 0.832. The highest BCUT2D eigenvalue weighted by Crippen LogP contribution is 2.30. The van der Waals surface area contributed by atoms with Gasteiger partial charge in [-0.15, -0.1) is 0 Å². The van der Waals surface area contributed by atoms with E-state index < -0.39 is 0 Å². The minimum atomic E-state index is 0.495. The van der Waals surface area contributed by atoms with Crippen molar-refractivity contribution in [1.82, 2.24) is 0 Å². The molecule has 0 saturated heterocycles. The molecule has 1 atom stereocenters. The van der Waals surface area contributed by atoms with E-state index >= 15 is 0 Å². The molecule has 0 saturated carbocycles. The molecule has 3 heteroatoms. The Bertz CT molecular complexity index is 459. The van der Waals surface area contributed by atoms with E-state index in [0.717, 1.165) is 12.1 Å². The average molecular weight is 243 g/mol. The predicted octanol–water partition coefficient (Wildman–Crippen LogP) is 2.21. The highest BCUT2D eigenvalue weighted by molar-refractivity contribution is 6.02. The lowest BCUT2D eigenvalue weighted by Crippen LogP contribution is -2.18. The second kappa shape index (κ2) is 7.58. The number of hydrogen-bond acceptors (Lipinski definition) is 3. The van der Waals surface area contributed by atoms with Gasteiger partial charge < -0.3 is 11.5 Å². The summed E-state index contributed by atoms with van der Waals surface area (Å²) in [6, 6.07) is 8.39. The van der Waals surface area contributed by atoms with Gasteiger partial charge in [-0.05, 0) is 38.2 Å². The van der Waals surface area contributed by atoms with E-state index in [4.69, 9.17) is 0 Å². The minimum Gasteiger partial charge on any atom is -0.333 e. The van der Waals surface area contributed by atoms with Crippen molar-refractivity contribution in [2.75, 3.05) is 14.1 Å². The molecule has 2 aliphatic rings. The van der Waals surface area contributed by atoms with Crippen molar-refractivity contribution in [1.29, 1.82) is 0 Å². The van der Waals surface area contributed by atoms with Gasteiger partial charge in [0.1, 0.15) is 0 Å². The van der Waals surface area contributed by atoms with Gasteiger partial charge in [0.05, 0.1) is 5.69 Å². The first kappa shape index (κ1) is 14.4. The first-order chi connectivity index (χ1) is 8.93. The van der Waals surface area contributed by atoms with Crippen molar-refractivity contribution in [2.24, 2.45) is 22.4 Å². The van der Waals surface area contributed by atoms with Gasteiger partial charge in [0.25, 0.3) is 0 Å². The maximum absolute atomic E-state index is 4.65. The number of para-hydroxylation sites is 1. The minimum absolute atomic E-state index is 0.495. The molecule has 0 aromatic heterocycles. The Morgan fingerprint density at radius 1 is 1.06 bits per heavy atom. The van der Waals surface area contributed by atoms with Crippen LogP contribution in [0, 0.1) is 5.92 Å². The Morgan fingerprint density at radius 3 is 2.56 bits per heavy atom. The Labute approximate surface area is 109 Å². The van der Waals surface area contributed by atoms with E-state index in [0.29, 0.717) is 5.92 Å². The van der Waals surface area contributed by atoms with Crippen LogP contribution in [-0.2, 0) is 6.42 Å². The zero-order chi connectivity index (χ0) is 13.4. The van der Waals surface area contributed by atoms with Crippen LogP contribution in [0.4, 0.5) is 5.69 Å². The topological polar surface area (TPSA) is 64.4 Å². The molecule has 1 aliphatic carbocycles. The van der Waals surface area contributed by atoms with Crippen molar-refractivity contribution < 1.29 is 0 Å². The summed E-state index contributed by atoms with van der Waals surface area (Å²) in [5, 5.41) is 0. The van der Waals surface area contributed by atoms with E-state index in [9.17, 15) is 0 Å². The number of hydrogen-bond donors (Lipinski definition) is 2. The highest BCUT2D eigenvalue weighted by atomic mass is 14.8. The van der Waals surface area contributed by atoms with Gasteiger partial charge in [0.15, 0.2) is 0 Å². The third kappa shape index (κ3) is 3.15. The van der Waals surface area contributed by atoms with Gasteiger partial charge in [-0.1, -0.05) is 36.4 Å². The molecule has 0 amide bonds. The number of benzene rings is 1. The Morgan fingerprint density at radius 2 is 1.78 bits per heavy atom. The van der Waals surface area contributed by atoms with Crippen LogP contribution in [0.5, 0.6) is 0 Å². The number of nitrogens with zero attached hydrogens (tertiary/aromatic N) is 1. The first-order valence-electron chi connectivity index (χ1n) is 6.10. The SMILES string of the molecule is C1=CC2=Nc3ccccc3CC2C=C1.CN.CN. The predicted molar refractivity (Wildman–Crippen MR) is 79.2 cm³/mol. The molecule has 0 spiro atoms. The fourth-order valence-electron chi connectivity index (χ4n) is 2.04. The normalized spacial score (nSPS) is 18.2. The number of aliphatic imine (C=N–C) groups is 1. The monoisotopic (exact) mass is 243 g/mol. The van der Waals surface area contributed by atoms with Gasteiger partial charge in [-0.25, -0.2) is 0 Å². The molecule has 18 heavy (non-hydrogen) atoms. The van der Waals surface area contributed by atoms with Crippen molar-refractivity contribution in [2.45, 2.75) is 6.42 Å². The van der Waals surface area contributed by atoms with Crippen LogP contribution in [0.3, 0.4) is 0 Å². The molecular weight excluding hydrogens is 222 g/mol. The zero-order valence-corrected chi connectivity index (χ0v) is 11.0. The number of allylic oxidation sites excluding steroid dienone is 4. The fraction of sp³-hybridized carbons (Fsp3) is 0.267. The second-order valence-electron chi connectivity index (χ2n) is 3.72. The average Bonchev–Trinajstić information content (AvgIpc) is 2.49. The van der Waals surface area contributed by atoms with Gasteiger partial charge in [0, 0.05) is 11.6 Å². The van der Waals surface area contributed by atoms with Crippen LogP contribution in [0.15, 0.2) is 53.6 Å². The molecule has 1 aromatic carbocycles. The number of fused-ring (bicyclic) bond motifs is 2. The van der Waals surface area contributed by atoms with Crippen LogP contribution in [0.25, 0.3) is 0 Å². The lowest BCUT2D eigenvalue weighted by atomic mass is 9.88. The molecule has 96 valence electrons. The van der Waals surface area contributed by atoms with E-state index in [2.05, 4.69) is 59.0 Å². The molecule has 0 radical (unpaired) electrons. The van der Waals surface area contributed by atoms with E-state index in [-0.39, 0.29) is 0 Å². The molecule has 1 aliphatic heterocycles. The summed E-state index contributed by atoms with van der Waals surface area (Å²) in [5.41, 5.74) is 12.7. The van der Waals surface area contributed by atoms with Crippen LogP contribution in [0.2, 0.25) is 0 Å². The van der Waals surface area contributed by atoms with Crippen LogP contribution in [0.1, 0.15) is 5.56 Å². The summed E-state index contributed by atoms with van der Waals surface area (Å²) < 4.78 is 0. The molecule has 3 nitrogen and oxygen atoms in total. The molecular formula is C15H21N3. The summed E-state index contributed by atoms with van der Waals surface area (Å²) in [4.78, 5) is 4.65. The molecule has 4 N–H and O–H groups in total. The smallest absolute Gasteiger partial charge is 0.0665 e. The summed E-state index contributed by atoms with van der Waals surface area (Å²) in [6.45, 7) is 0. The summed E-state index contributed by atoms with van der Waals surface area (Å²) >= 11 is 0. The van der Waals surface area contributed by atoms with E-state index in [1.165, 1.54) is 25.4 Å². The Kier molecular flexibility index (Phi) is 6.05. The number of nitrogens with two attached hydrogens (primary N) is 2. The maximum atomic E-state index is 4.65. The fourth-order valence-corrected chi connectivity index (χ4v) is 2.04. The standard InChI is InChI=1S/C13H11N.2CH5N/c1-3-7-12-10(5-1)9-11-6-2-4-8-13(11)14-12;2*1-2/h1-8,10H,9H2;2*2H2,1H3. The highest BCUT2D eigenvalue weighted by Gasteiger charge is 2.19. The lowest BCUT2D eigenvalue weighted by Gasteiger charge is -2.22. The van der Waals surface area contributed by atoms with Crippen molar-refractivity contribution in [3.8, 4) is 0 Å². The quantitative estimate of drug-likeness (QED) is 0.733. The Balaban J connectivity index is 0.000000371. The van der Waals surface area contributed by atoms with Gasteiger partial charge in [-0.3, -0.25) is 4.99 Å². The van der Waals surface area contributed by atoms with Crippen LogP contribution in [-0.4, -0.2) is 19.8 Å². The maximum Gasteiger partial charge on any atom is 0.0665 e. The third-order valence-corrected chi connectivity index (χ3v) is 2.78. The van der Waals surface area contributed by atoms with Crippen LogP contribution < -0.4 is 11.5 Å². The second-order valence-corrected chi connectivity index (χ2v) is 3.72. The molecule has 0 bridgehead atoms. The third-order valence-electron chi connectivity index (χ3n) is 2.78. The van der Waals surface area contributed by atoms with E-state index in [1.54, 1.807) is 0 Å². The molecule has 1 unspecified atom stereocenters. The zero-order valence-electron chi connectivity index (χ0n) is 11.0. The summed E-state index contributed by atoms with van der Waals surface area (Å²) in [6.07, 6.45) is 9.60. The van der Waals surface area contributed by atoms with Gasteiger partial charge in [0.2, 0.25) is 0 Å². The van der Waals surface area contributed by atoms with Gasteiger partial charge in [-0.2, -0.15) is 0 Å². The van der Waals surface area contributed by atoms with Crippen molar-refractivity contribution in [3.63, 3.8) is 0 Å². The van der Waals surface area contributed by atoms with Crippen molar-refractivity contribution >= 4 is 11.4 Å². The van der Waals surface area contributed by atoms with Crippen molar-refractivity contribution in [3.05, 3.63) is 54.1 Å². The summed E-state index contributed by atoms with van der Waals surface area (Å²) in [5.74, 6) is 0.495. The first-order valence-corrected chi connectivity index (χ1v) is 6.10. The molecule has 1 heterocycles. The summed E-state index contributed by atoms with van der Waals surface area (Å²) in [7, 11) is 3.00. The van der Waals surface area contributed by atoms with Crippen LogP contribution >= 0.6 is 0 Å². The van der Waals surface area contributed by atoms with Gasteiger partial charge >= 0.3 is 0 Å². The largest absolute Gasteiger partial charge is 0.333 e.